The fourth-order valence-corrected chi connectivity index (χ4v) is 5.00. The Kier molecular flexibility index (Phi) is 6.41. The van der Waals surface area contributed by atoms with Gasteiger partial charge in [-0.3, -0.25) is 4.79 Å². The third-order valence-electron chi connectivity index (χ3n) is 7.60. The zero-order valence-corrected chi connectivity index (χ0v) is 20.5. The first-order chi connectivity index (χ1) is 16.8. The van der Waals surface area contributed by atoms with Gasteiger partial charge in [0, 0.05) is 26.2 Å². The second kappa shape index (κ2) is 9.37. The van der Waals surface area contributed by atoms with Gasteiger partial charge in [0.2, 0.25) is 0 Å². The molecule has 2 aliphatic heterocycles. The molecule has 4 heterocycles. The van der Waals surface area contributed by atoms with Crippen LogP contribution in [0.3, 0.4) is 0 Å². The number of carbonyl (C=O) groups is 1. The van der Waals surface area contributed by atoms with E-state index >= 15 is 0 Å². The molecule has 2 aromatic heterocycles. The van der Waals surface area contributed by atoms with E-state index in [0.29, 0.717) is 34.9 Å². The molecule has 1 amide bonds. The molecule has 9 nitrogen and oxygen atoms in total. The summed E-state index contributed by atoms with van der Waals surface area (Å²) in [5.41, 5.74) is -0.224. The largest absolute Gasteiger partial charge is 0.393 e. The van der Waals surface area contributed by atoms with Crippen LogP contribution in [0.5, 0.6) is 0 Å². The van der Waals surface area contributed by atoms with Gasteiger partial charge in [-0.1, -0.05) is 6.07 Å². The standard InChI is InChI=1S/C26H35N5O4/c1-18-16-31(14-15-35-18)22-5-3-4-21(28-22)29-24(33)19-6-7-20(25(2,34)17-32)27-23(19)30-12-10-26(8-9-26)11-13-30/h3-7,18,32,34H,8-17H2,1-2H3,(H,28,29,33)/t18-,25?/m1/s1. The Balaban J connectivity index is 1.39. The number of hydrogen-bond donors (Lipinski definition) is 3. The SMILES string of the molecule is C[C@@H]1CN(c2cccc(NC(=O)c3ccc(C(C)(O)CO)nc3N3CCC4(CC3)CC4)n2)CCO1. The lowest BCUT2D eigenvalue weighted by atomic mass is 9.93. The number of aliphatic hydroxyl groups excluding tert-OH is 1. The zero-order chi connectivity index (χ0) is 24.6. The Labute approximate surface area is 206 Å². The molecule has 1 unspecified atom stereocenters. The van der Waals surface area contributed by atoms with Gasteiger partial charge in [0.25, 0.3) is 5.91 Å². The van der Waals surface area contributed by atoms with Crippen molar-refractivity contribution in [1.29, 1.82) is 0 Å². The number of carbonyl (C=O) groups excluding carboxylic acids is 1. The number of morpholine rings is 1. The van der Waals surface area contributed by atoms with Crippen LogP contribution in [0.1, 0.15) is 55.6 Å². The van der Waals surface area contributed by atoms with Crippen LogP contribution in [0.25, 0.3) is 0 Å². The number of nitrogens with zero attached hydrogens (tertiary/aromatic N) is 4. The maximum atomic E-state index is 13.4. The molecule has 0 aromatic carbocycles. The molecule has 2 aromatic rings. The van der Waals surface area contributed by atoms with Crippen molar-refractivity contribution in [2.75, 3.05) is 54.5 Å². The second-order valence-corrected chi connectivity index (χ2v) is 10.4. The normalized spacial score (nSPS) is 23.1. The van der Waals surface area contributed by atoms with E-state index in [4.69, 9.17) is 4.74 Å². The molecule has 3 fully saturated rings. The number of aliphatic hydroxyl groups is 2. The first kappa shape index (κ1) is 24.0. The smallest absolute Gasteiger partial charge is 0.260 e. The number of anilines is 3. The minimum absolute atomic E-state index is 0.131. The molecule has 9 heteroatoms. The van der Waals surface area contributed by atoms with Crippen molar-refractivity contribution < 1.29 is 19.7 Å². The van der Waals surface area contributed by atoms with Crippen molar-refractivity contribution in [2.45, 2.75) is 51.2 Å². The summed E-state index contributed by atoms with van der Waals surface area (Å²) >= 11 is 0. The van der Waals surface area contributed by atoms with Gasteiger partial charge in [-0.25, -0.2) is 9.97 Å². The average Bonchev–Trinajstić information content (AvgIpc) is 3.63. The molecule has 1 spiro atoms. The van der Waals surface area contributed by atoms with E-state index in [-0.39, 0.29) is 12.0 Å². The molecule has 2 saturated heterocycles. The highest BCUT2D eigenvalue weighted by Crippen LogP contribution is 2.54. The van der Waals surface area contributed by atoms with Gasteiger partial charge in [-0.05, 0) is 69.2 Å². The predicted octanol–water partition coefficient (Wildman–Crippen LogP) is 2.53. The van der Waals surface area contributed by atoms with Crippen molar-refractivity contribution in [2.24, 2.45) is 5.41 Å². The number of rotatable bonds is 6. The molecule has 1 aliphatic carbocycles. The molecule has 2 atom stereocenters. The Hall–Kier alpha value is -2.75. The molecule has 0 bridgehead atoms. The van der Waals surface area contributed by atoms with E-state index in [1.165, 1.54) is 19.8 Å². The predicted molar refractivity (Wildman–Crippen MR) is 134 cm³/mol. The van der Waals surface area contributed by atoms with Gasteiger partial charge < -0.3 is 30.1 Å². The Morgan fingerprint density at radius 2 is 1.91 bits per heavy atom. The average molecular weight is 482 g/mol. The highest BCUT2D eigenvalue weighted by Gasteiger charge is 2.45. The minimum Gasteiger partial charge on any atom is -0.393 e. The van der Waals surface area contributed by atoms with Crippen molar-refractivity contribution in [3.63, 3.8) is 0 Å². The van der Waals surface area contributed by atoms with Crippen LogP contribution in [0.15, 0.2) is 30.3 Å². The van der Waals surface area contributed by atoms with E-state index in [1.54, 1.807) is 18.2 Å². The first-order valence-corrected chi connectivity index (χ1v) is 12.5. The number of pyridine rings is 2. The molecular weight excluding hydrogens is 446 g/mol. The lowest BCUT2D eigenvalue weighted by Gasteiger charge is -2.34. The molecule has 3 aliphatic rings. The maximum absolute atomic E-state index is 13.4. The van der Waals surface area contributed by atoms with Gasteiger partial charge >= 0.3 is 0 Å². The summed E-state index contributed by atoms with van der Waals surface area (Å²) in [5.74, 6) is 1.52. The molecular formula is C26H35N5O4. The summed E-state index contributed by atoms with van der Waals surface area (Å²) in [4.78, 5) is 27.1. The van der Waals surface area contributed by atoms with Gasteiger partial charge in [0.1, 0.15) is 23.1 Å². The van der Waals surface area contributed by atoms with Crippen LogP contribution in [-0.2, 0) is 10.3 Å². The summed E-state index contributed by atoms with van der Waals surface area (Å²) in [6, 6.07) is 8.90. The van der Waals surface area contributed by atoms with Crippen LogP contribution in [-0.4, -0.2) is 71.6 Å². The van der Waals surface area contributed by atoms with E-state index in [2.05, 4.69) is 25.1 Å². The molecule has 3 N–H and O–H groups in total. The minimum atomic E-state index is -1.48. The number of piperidine rings is 1. The van der Waals surface area contributed by atoms with E-state index in [9.17, 15) is 15.0 Å². The summed E-state index contributed by atoms with van der Waals surface area (Å²) in [7, 11) is 0. The monoisotopic (exact) mass is 481 g/mol. The number of ether oxygens (including phenoxy) is 1. The number of nitrogens with one attached hydrogen (secondary N) is 1. The summed E-state index contributed by atoms with van der Waals surface area (Å²) in [6.45, 7) is 6.90. The fraction of sp³-hybridized carbons (Fsp3) is 0.577. The maximum Gasteiger partial charge on any atom is 0.260 e. The Morgan fingerprint density at radius 3 is 2.60 bits per heavy atom. The van der Waals surface area contributed by atoms with Crippen LogP contribution in [0.2, 0.25) is 0 Å². The molecule has 0 radical (unpaired) electrons. The fourth-order valence-electron chi connectivity index (χ4n) is 5.00. The highest BCUT2D eigenvalue weighted by atomic mass is 16.5. The number of hydrogen-bond acceptors (Lipinski definition) is 8. The lowest BCUT2D eigenvalue weighted by Crippen LogP contribution is -2.41. The second-order valence-electron chi connectivity index (χ2n) is 10.4. The highest BCUT2D eigenvalue weighted by molar-refractivity contribution is 6.07. The van der Waals surface area contributed by atoms with Crippen LogP contribution < -0.4 is 15.1 Å². The third-order valence-corrected chi connectivity index (χ3v) is 7.60. The number of amides is 1. The van der Waals surface area contributed by atoms with Crippen molar-refractivity contribution in [1.82, 2.24) is 9.97 Å². The van der Waals surface area contributed by atoms with Gasteiger partial charge in [-0.15, -0.1) is 0 Å². The van der Waals surface area contributed by atoms with E-state index in [1.807, 2.05) is 19.1 Å². The summed E-state index contributed by atoms with van der Waals surface area (Å²) in [5, 5.41) is 23.2. The van der Waals surface area contributed by atoms with E-state index < -0.39 is 12.2 Å². The zero-order valence-electron chi connectivity index (χ0n) is 20.5. The van der Waals surface area contributed by atoms with Gasteiger partial charge in [0.15, 0.2) is 0 Å². The van der Waals surface area contributed by atoms with Crippen molar-refractivity contribution >= 4 is 23.4 Å². The van der Waals surface area contributed by atoms with Crippen molar-refractivity contribution in [3.05, 3.63) is 41.6 Å². The molecule has 188 valence electrons. The molecule has 35 heavy (non-hydrogen) atoms. The molecule has 5 rings (SSSR count). The molecule has 1 saturated carbocycles. The summed E-state index contributed by atoms with van der Waals surface area (Å²) in [6.07, 6.45) is 4.86. The Bertz CT molecular complexity index is 1080. The van der Waals surface area contributed by atoms with Crippen LogP contribution in [0.4, 0.5) is 17.5 Å². The van der Waals surface area contributed by atoms with E-state index in [0.717, 1.165) is 44.8 Å². The topological polar surface area (TPSA) is 111 Å². The summed E-state index contributed by atoms with van der Waals surface area (Å²) < 4.78 is 5.63. The van der Waals surface area contributed by atoms with Crippen LogP contribution >= 0.6 is 0 Å². The third kappa shape index (κ3) is 5.12. The van der Waals surface area contributed by atoms with Crippen molar-refractivity contribution in [3.8, 4) is 0 Å². The lowest BCUT2D eigenvalue weighted by molar-refractivity contribution is -0.00581. The number of aromatic nitrogens is 2. The quantitative estimate of drug-likeness (QED) is 0.577. The van der Waals surface area contributed by atoms with Crippen LogP contribution in [0, 0.1) is 5.41 Å². The van der Waals surface area contributed by atoms with Gasteiger partial charge in [0.05, 0.1) is 30.6 Å². The van der Waals surface area contributed by atoms with Gasteiger partial charge in [-0.2, -0.15) is 0 Å². The first-order valence-electron chi connectivity index (χ1n) is 12.5. The Morgan fingerprint density at radius 1 is 1.14 bits per heavy atom.